The molecule has 0 saturated heterocycles. The molecule has 0 unspecified atom stereocenters. The molecule has 1 aromatic rings. The maximum absolute atomic E-state index is 4.81. The summed E-state index contributed by atoms with van der Waals surface area (Å²) in [5.74, 6) is 0. The van der Waals surface area contributed by atoms with Crippen molar-refractivity contribution in [2.75, 3.05) is 0 Å². The SMILES string of the molecule is [CH2-]Cc1cc[nH]n1.[Cl][Pd][Cl]. The van der Waals surface area contributed by atoms with E-state index in [1.54, 1.807) is 6.20 Å². The van der Waals surface area contributed by atoms with Crippen LogP contribution in [0.5, 0.6) is 0 Å². The third kappa shape index (κ3) is 5.25. The van der Waals surface area contributed by atoms with Crippen LogP contribution < -0.4 is 0 Å². The molecule has 0 radical (unpaired) electrons. The van der Waals surface area contributed by atoms with Crippen molar-refractivity contribution in [3.05, 3.63) is 24.9 Å². The van der Waals surface area contributed by atoms with Crippen LogP contribution in [0.3, 0.4) is 0 Å². The monoisotopic (exact) mass is 271 g/mol. The molecule has 0 atom stereocenters. The molecule has 0 aliphatic rings. The van der Waals surface area contributed by atoms with Crippen molar-refractivity contribution < 1.29 is 15.9 Å². The molecule has 0 aliphatic carbocycles. The topological polar surface area (TPSA) is 28.7 Å². The molecule has 1 aromatic heterocycles. The quantitative estimate of drug-likeness (QED) is 0.616. The van der Waals surface area contributed by atoms with Crippen LogP contribution in [0.15, 0.2) is 12.3 Å². The van der Waals surface area contributed by atoms with Crippen LogP contribution in [-0.2, 0) is 22.4 Å². The third-order valence-corrected chi connectivity index (χ3v) is 0.815. The van der Waals surface area contributed by atoms with Crippen LogP contribution in [0.2, 0.25) is 0 Å². The molecule has 5 heteroatoms. The van der Waals surface area contributed by atoms with Gasteiger partial charge in [0.25, 0.3) is 0 Å². The molecule has 62 valence electrons. The van der Waals surface area contributed by atoms with E-state index in [9.17, 15) is 0 Å². The summed E-state index contributed by atoms with van der Waals surface area (Å²) in [6, 6.07) is 1.91. The Morgan fingerprint density at radius 1 is 1.70 bits per heavy atom. The van der Waals surface area contributed by atoms with E-state index in [0.29, 0.717) is 0 Å². The van der Waals surface area contributed by atoms with Gasteiger partial charge in [0, 0.05) is 11.9 Å². The summed E-state index contributed by atoms with van der Waals surface area (Å²) >= 11 is -0.106. The van der Waals surface area contributed by atoms with Crippen LogP contribution in [-0.4, -0.2) is 10.2 Å². The van der Waals surface area contributed by atoms with Crippen LogP contribution in [0, 0.1) is 6.92 Å². The number of hydrogen-bond donors (Lipinski definition) is 1. The Labute approximate surface area is 76.4 Å². The van der Waals surface area contributed by atoms with Gasteiger partial charge in [-0.15, -0.1) is 6.42 Å². The molecular weight excluding hydrogens is 265 g/mol. The number of rotatable bonds is 1. The van der Waals surface area contributed by atoms with Gasteiger partial charge < -0.3 is 6.92 Å². The second kappa shape index (κ2) is 7.56. The van der Waals surface area contributed by atoms with Gasteiger partial charge in [-0.05, 0) is 6.07 Å². The minimum atomic E-state index is -0.106. The molecule has 2 nitrogen and oxygen atoms in total. The first-order valence-electron chi connectivity index (χ1n) is 2.45. The van der Waals surface area contributed by atoms with Gasteiger partial charge in [-0.25, -0.2) is 0 Å². The Balaban J connectivity index is 0.000000236. The van der Waals surface area contributed by atoms with Gasteiger partial charge in [0.05, 0.1) is 0 Å². The summed E-state index contributed by atoms with van der Waals surface area (Å²) in [7, 11) is 9.63. The van der Waals surface area contributed by atoms with Crippen LogP contribution in [0.25, 0.3) is 0 Å². The van der Waals surface area contributed by atoms with Crippen molar-refractivity contribution in [3.63, 3.8) is 0 Å². The zero-order chi connectivity index (χ0) is 7.82. The van der Waals surface area contributed by atoms with E-state index in [4.69, 9.17) is 19.1 Å². The van der Waals surface area contributed by atoms with Crippen molar-refractivity contribution in [2.45, 2.75) is 6.42 Å². The molecule has 0 aliphatic heterocycles. The number of H-pyrrole nitrogens is 1. The summed E-state index contributed by atoms with van der Waals surface area (Å²) in [6.45, 7) is 3.65. The fourth-order valence-corrected chi connectivity index (χ4v) is 0.430. The number of aromatic nitrogens is 2. The molecule has 0 saturated carbocycles. The van der Waals surface area contributed by atoms with Crippen molar-refractivity contribution in [2.24, 2.45) is 0 Å². The summed E-state index contributed by atoms with van der Waals surface area (Å²) in [6.07, 6.45) is 2.56. The van der Waals surface area contributed by atoms with E-state index in [1.165, 1.54) is 0 Å². The number of nitrogens with zero attached hydrogens (tertiary/aromatic N) is 1. The van der Waals surface area contributed by atoms with Crippen LogP contribution in [0.4, 0.5) is 0 Å². The zero-order valence-corrected chi connectivity index (χ0v) is 8.15. The summed E-state index contributed by atoms with van der Waals surface area (Å²) in [4.78, 5) is 0. The third-order valence-electron chi connectivity index (χ3n) is 0.815. The predicted octanol–water partition coefficient (Wildman–Crippen LogP) is 2.16. The number of hydrogen-bond acceptors (Lipinski definition) is 1. The molecule has 1 rings (SSSR count). The molecule has 10 heavy (non-hydrogen) atoms. The standard InChI is InChI=1S/C5H7N2.2ClH.Pd/c1-2-5-3-4-6-7-5;;;/h3-4H,1-2H2,(H,6,7);2*1H;/q-1;;;+2/p-2. The van der Waals surface area contributed by atoms with Gasteiger partial charge in [-0.1, -0.05) is 0 Å². The number of nitrogens with one attached hydrogen (secondary N) is 1. The predicted molar refractivity (Wildman–Crippen MR) is 39.4 cm³/mol. The van der Waals surface area contributed by atoms with Crippen molar-refractivity contribution in [1.29, 1.82) is 0 Å². The molecule has 0 bridgehead atoms. The Bertz CT molecular complexity index is 143. The molecule has 0 amide bonds. The van der Waals surface area contributed by atoms with Crippen LogP contribution >= 0.6 is 19.1 Å². The first-order valence-corrected chi connectivity index (χ1v) is 6.45. The van der Waals surface area contributed by atoms with Gasteiger partial charge in [0.2, 0.25) is 0 Å². The van der Waals surface area contributed by atoms with E-state index in [0.717, 1.165) is 12.1 Å². The van der Waals surface area contributed by atoms with Gasteiger partial charge in [0.1, 0.15) is 0 Å². The Morgan fingerprint density at radius 2 is 2.30 bits per heavy atom. The first kappa shape index (κ1) is 10.5. The molecule has 1 N–H and O–H groups in total. The van der Waals surface area contributed by atoms with Gasteiger partial charge in [-0.2, -0.15) is 5.10 Å². The molecule has 0 spiro atoms. The second-order valence-corrected chi connectivity index (χ2v) is 3.72. The van der Waals surface area contributed by atoms with Crippen molar-refractivity contribution >= 4 is 19.1 Å². The number of halogens is 2. The summed E-state index contributed by atoms with van der Waals surface area (Å²) in [5.41, 5.74) is 1.01. The Morgan fingerprint density at radius 3 is 2.50 bits per heavy atom. The molecule has 0 aromatic carbocycles. The Kier molecular flexibility index (Phi) is 7.90. The van der Waals surface area contributed by atoms with E-state index in [1.807, 2.05) is 6.07 Å². The fourth-order valence-electron chi connectivity index (χ4n) is 0.430. The summed E-state index contributed by atoms with van der Waals surface area (Å²) < 4.78 is 0. The fraction of sp³-hybridized carbons (Fsp3) is 0.200. The van der Waals surface area contributed by atoms with Crippen molar-refractivity contribution in [1.82, 2.24) is 10.2 Å². The minimum absolute atomic E-state index is 0.106. The maximum atomic E-state index is 4.81. The first-order chi connectivity index (χ1) is 4.85. The molecular formula is C5H7Cl2N2Pd-. The van der Waals surface area contributed by atoms with Crippen molar-refractivity contribution in [3.8, 4) is 0 Å². The zero-order valence-electron chi connectivity index (χ0n) is 5.09. The van der Waals surface area contributed by atoms with Gasteiger partial charge >= 0.3 is 35.0 Å². The molecule has 1 heterocycles. The average Bonchev–Trinajstić information content (AvgIpc) is 2.39. The number of aromatic amines is 1. The van der Waals surface area contributed by atoms with E-state index in [2.05, 4.69) is 17.1 Å². The normalized spacial score (nSPS) is 8.70. The average molecular weight is 272 g/mol. The van der Waals surface area contributed by atoms with Crippen LogP contribution in [0.1, 0.15) is 5.69 Å². The van der Waals surface area contributed by atoms with Gasteiger partial charge in [0.15, 0.2) is 0 Å². The van der Waals surface area contributed by atoms with E-state index < -0.39 is 0 Å². The Hall–Kier alpha value is 0.452. The van der Waals surface area contributed by atoms with E-state index >= 15 is 0 Å². The van der Waals surface area contributed by atoms with E-state index in [-0.39, 0.29) is 15.9 Å². The second-order valence-electron chi connectivity index (χ2n) is 1.36. The molecule has 0 fully saturated rings. The van der Waals surface area contributed by atoms with Gasteiger partial charge in [-0.3, -0.25) is 5.10 Å². The summed E-state index contributed by atoms with van der Waals surface area (Å²) in [5, 5.41) is 6.54.